The Morgan fingerprint density at radius 1 is 1.53 bits per heavy atom. The van der Waals surface area contributed by atoms with Crippen LogP contribution in [-0.4, -0.2) is 10.9 Å². The molecule has 1 heterocycles. The van der Waals surface area contributed by atoms with Gasteiger partial charge in [0.05, 0.1) is 5.69 Å². The summed E-state index contributed by atoms with van der Waals surface area (Å²) in [5, 5.41) is 0. The maximum absolute atomic E-state index is 10.9. The number of aldehydes is 1. The lowest BCUT2D eigenvalue weighted by molar-refractivity contribution is 0.111. The monoisotopic (exact) mass is 205 g/mol. The lowest BCUT2D eigenvalue weighted by atomic mass is 9.93. The third-order valence-electron chi connectivity index (χ3n) is 4.00. The predicted molar refractivity (Wildman–Crippen MR) is 61.0 cm³/mol. The molecular weight excluding hydrogens is 186 g/mol. The van der Waals surface area contributed by atoms with E-state index in [1.807, 2.05) is 18.3 Å². The SMILES string of the molecule is CCC1CCC(n2cccc2C=O)C1C. The van der Waals surface area contributed by atoms with Gasteiger partial charge in [0.2, 0.25) is 0 Å². The normalized spacial score (nSPS) is 30.7. The Kier molecular flexibility index (Phi) is 2.94. The van der Waals surface area contributed by atoms with Crippen LogP contribution in [0.5, 0.6) is 0 Å². The molecule has 0 bridgehead atoms. The molecule has 0 spiro atoms. The standard InChI is InChI=1S/C13H19NO/c1-3-11-6-7-13(10(11)2)14-8-4-5-12(14)9-15/h4-5,8-11,13H,3,6-7H2,1-2H3. The summed E-state index contributed by atoms with van der Waals surface area (Å²) in [6.07, 6.45) is 6.79. The van der Waals surface area contributed by atoms with Crippen LogP contribution in [0.4, 0.5) is 0 Å². The van der Waals surface area contributed by atoms with E-state index in [2.05, 4.69) is 18.4 Å². The van der Waals surface area contributed by atoms with Gasteiger partial charge < -0.3 is 4.57 Å². The molecular formula is C13H19NO. The van der Waals surface area contributed by atoms with Crippen molar-refractivity contribution >= 4 is 6.29 Å². The highest BCUT2D eigenvalue weighted by Gasteiger charge is 2.32. The van der Waals surface area contributed by atoms with Gasteiger partial charge >= 0.3 is 0 Å². The average molecular weight is 205 g/mol. The van der Waals surface area contributed by atoms with Gasteiger partial charge in [0, 0.05) is 12.2 Å². The second-order valence-corrected chi connectivity index (χ2v) is 4.63. The Hall–Kier alpha value is -1.05. The van der Waals surface area contributed by atoms with Crippen LogP contribution < -0.4 is 0 Å². The van der Waals surface area contributed by atoms with Crippen molar-refractivity contribution in [2.24, 2.45) is 11.8 Å². The summed E-state index contributed by atoms with van der Waals surface area (Å²) in [6.45, 7) is 4.58. The summed E-state index contributed by atoms with van der Waals surface area (Å²) in [5.41, 5.74) is 0.823. The van der Waals surface area contributed by atoms with Gasteiger partial charge in [-0.2, -0.15) is 0 Å². The molecule has 82 valence electrons. The molecule has 1 fully saturated rings. The Balaban J connectivity index is 2.22. The molecule has 0 radical (unpaired) electrons. The fourth-order valence-corrected chi connectivity index (χ4v) is 3.00. The second-order valence-electron chi connectivity index (χ2n) is 4.63. The van der Waals surface area contributed by atoms with E-state index in [-0.39, 0.29) is 0 Å². The van der Waals surface area contributed by atoms with Crippen LogP contribution in [0, 0.1) is 11.8 Å². The minimum atomic E-state index is 0.533. The quantitative estimate of drug-likeness (QED) is 0.694. The minimum Gasteiger partial charge on any atom is -0.342 e. The van der Waals surface area contributed by atoms with Crippen LogP contribution >= 0.6 is 0 Å². The fourth-order valence-electron chi connectivity index (χ4n) is 3.00. The maximum Gasteiger partial charge on any atom is 0.166 e. The van der Waals surface area contributed by atoms with E-state index >= 15 is 0 Å². The molecule has 3 unspecified atom stereocenters. The van der Waals surface area contributed by atoms with Gasteiger partial charge in [-0.15, -0.1) is 0 Å². The first kappa shape index (κ1) is 10.5. The van der Waals surface area contributed by atoms with Crippen LogP contribution in [0.3, 0.4) is 0 Å². The number of hydrogen-bond donors (Lipinski definition) is 0. The summed E-state index contributed by atoms with van der Waals surface area (Å²) in [7, 11) is 0. The van der Waals surface area contributed by atoms with Crippen LogP contribution in [0.2, 0.25) is 0 Å². The molecule has 0 saturated heterocycles. The third-order valence-corrected chi connectivity index (χ3v) is 4.00. The largest absolute Gasteiger partial charge is 0.342 e. The molecule has 2 nitrogen and oxygen atoms in total. The van der Waals surface area contributed by atoms with Crippen molar-refractivity contribution < 1.29 is 4.79 Å². The lowest BCUT2D eigenvalue weighted by Gasteiger charge is -2.22. The highest BCUT2D eigenvalue weighted by Crippen LogP contribution is 2.42. The van der Waals surface area contributed by atoms with E-state index < -0.39 is 0 Å². The Morgan fingerprint density at radius 2 is 2.33 bits per heavy atom. The van der Waals surface area contributed by atoms with E-state index in [1.54, 1.807) is 0 Å². The molecule has 1 saturated carbocycles. The van der Waals surface area contributed by atoms with Crippen molar-refractivity contribution in [3.05, 3.63) is 24.0 Å². The van der Waals surface area contributed by atoms with Gasteiger partial charge in [0.15, 0.2) is 6.29 Å². The summed E-state index contributed by atoms with van der Waals surface area (Å²) >= 11 is 0. The second kappa shape index (κ2) is 4.21. The van der Waals surface area contributed by atoms with Gasteiger partial charge in [-0.25, -0.2) is 0 Å². The maximum atomic E-state index is 10.9. The first-order chi connectivity index (χ1) is 7.27. The fraction of sp³-hybridized carbons (Fsp3) is 0.615. The molecule has 1 aliphatic carbocycles. The van der Waals surface area contributed by atoms with E-state index in [0.29, 0.717) is 12.0 Å². The van der Waals surface area contributed by atoms with Crippen LogP contribution in [-0.2, 0) is 0 Å². The van der Waals surface area contributed by atoms with Crippen LogP contribution in [0.1, 0.15) is 49.6 Å². The molecule has 0 N–H and O–H groups in total. The van der Waals surface area contributed by atoms with Crippen LogP contribution in [0.15, 0.2) is 18.3 Å². The van der Waals surface area contributed by atoms with Gasteiger partial charge in [-0.3, -0.25) is 4.79 Å². The van der Waals surface area contributed by atoms with Crippen molar-refractivity contribution in [3.8, 4) is 0 Å². The number of aromatic nitrogens is 1. The van der Waals surface area contributed by atoms with Crippen molar-refractivity contribution in [1.82, 2.24) is 4.57 Å². The van der Waals surface area contributed by atoms with Crippen LogP contribution in [0.25, 0.3) is 0 Å². The van der Waals surface area contributed by atoms with Crippen molar-refractivity contribution in [2.45, 2.75) is 39.2 Å². The van der Waals surface area contributed by atoms with Gasteiger partial charge in [0.1, 0.15) is 0 Å². The molecule has 0 aliphatic heterocycles. The Labute approximate surface area is 91.3 Å². The number of hydrogen-bond acceptors (Lipinski definition) is 1. The first-order valence-electron chi connectivity index (χ1n) is 5.90. The highest BCUT2D eigenvalue weighted by atomic mass is 16.1. The lowest BCUT2D eigenvalue weighted by Crippen LogP contribution is -2.16. The van der Waals surface area contributed by atoms with E-state index in [4.69, 9.17) is 0 Å². The Bertz CT molecular complexity index is 342. The Morgan fingerprint density at radius 3 is 2.93 bits per heavy atom. The number of nitrogens with zero attached hydrogens (tertiary/aromatic N) is 1. The topological polar surface area (TPSA) is 22.0 Å². The van der Waals surface area contributed by atoms with Crippen molar-refractivity contribution in [2.75, 3.05) is 0 Å². The zero-order chi connectivity index (χ0) is 10.8. The molecule has 0 aromatic carbocycles. The van der Waals surface area contributed by atoms with E-state index in [0.717, 1.165) is 17.9 Å². The molecule has 1 aliphatic rings. The van der Waals surface area contributed by atoms with Crippen molar-refractivity contribution in [1.29, 1.82) is 0 Å². The number of carbonyl (C=O) groups is 1. The smallest absolute Gasteiger partial charge is 0.166 e. The first-order valence-corrected chi connectivity index (χ1v) is 5.90. The zero-order valence-electron chi connectivity index (χ0n) is 9.52. The molecule has 1 aromatic rings. The molecule has 0 amide bonds. The molecule has 15 heavy (non-hydrogen) atoms. The zero-order valence-corrected chi connectivity index (χ0v) is 9.52. The summed E-state index contributed by atoms with van der Waals surface area (Å²) in [4.78, 5) is 10.9. The summed E-state index contributed by atoms with van der Waals surface area (Å²) in [5.74, 6) is 1.53. The predicted octanol–water partition coefficient (Wildman–Crippen LogP) is 3.30. The molecule has 1 aromatic heterocycles. The molecule has 2 rings (SSSR count). The van der Waals surface area contributed by atoms with Gasteiger partial charge in [0.25, 0.3) is 0 Å². The molecule has 2 heteroatoms. The number of carbonyl (C=O) groups excluding carboxylic acids is 1. The van der Waals surface area contributed by atoms with E-state index in [1.165, 1.54) is 19.3 Å². The summed E-state index contributed by atoms with van der Waals surface area (Å²) in [6, 6.07) is 4.40. The highest BCUT2D eigenvalue weighted by molar-refractivity contribution is 5.72. The number of rotatable bonds is 3. The van der Waals surface area contributed by atoms with E-state index in [9.17, 15) is 4.79 Å². The summed E-state index contributed by atoms with van der Waals surface area (Å²) < 4.78 is 2.16. The minimum absolute atomic E-state index is 0.533. The molecule has 3 atom stereocenters. The van der Waals surface area contributed by atoms with Gasteiger partial charge in [-0.1, -0.05) is 20.3 Å². The third kappa shape index (κ3) is 1.73. The average Bonchev–Trinajstić information content (AvgIpc) is 2.83. The van der Waals surface area contributed by atoms with Gasteiger partial charge in [-0.05, 0) is 36.8 Å². The van der Waals surface area contributed by atoms with Crippen molar-refractivity contribution in [3.63, 3.8) is 0 Å².